The average molecular weight is 364 g/mol. The maximum Gasteiger partial charge on any atom is 0.157 e. The van der Waals surface area contributed by atoms with Crippen molar-refractivity contribution in [2.45, 2.75) is 18.7 Å². The van der Waals surface area contributed by atoms with E-state index in [1.54, 1.807) is 0 Å². The predicted octanol–water partition coefficient (Wildman–Crippen LogP) is 3.04. The maximum absolute atomic E-state index is 6.21. The maximum atomic E-state index is 6.21. The van der Waals surface area contributed by atoms with Gasteiger partial charge in [0.1, 0.15) is 5.52 Å². The van der Waals surface area contributed by atoms with Crippen LogP contribution in [0.3, 0.4) is 0 Å². The number of ether oxygens (including phenoxy) is 2. The third-order valence-corrected chi connectivity index (χ3v) is 5.71. The number of rotatable bonds is 4. The van der Waals surface area contributed by atoms with Gasteiger partial charge in [-0.3, -0.25) is 4.90 Å². The molecule has 0 aliphatic carbocycles. The summed E-state index contributed by atoms with van der Waals surface area (Å²) in [5.74, 6) is 0.315. The number of benzene rings is 2. The van der Waals surface area contributed by atoms with Gasteiger partial charge in [0.05, 0.1) is 18.7 Å². The third kappa shape index (κ3) is 3.14. The molecule has 2 aliphatic heterocycles. The Morgan fingerprint density at radius 3 is 2.56 bits per heavy atom. The van der Waals surface area contributed by atoms with Crippen molar-refractivity contribution in [3.05, 3.63) is 60.2 Å². The normalized spacial score (nSPS) is 25.0. The minimum atomic E-state index is -0.106. The molecule has 0 bridgehead atoms. The Kier molecular flexibility index (Phi) is 4.61. The molecule has 0 saturated carbocycles. The minimum Gasteiger partial charge on any atom is -0.379 e. The fraction of sp³-hybridized carbons (Fsp3) is 0.429. The standard InChI is InChI=1S/C21H24N4O2/c1-2-6-16(7-3-1)20(24-11-14-26-15-12-24)17-10-13-27-21(17)25-19-9-5-4-8-18(19)22-23-25/h1-9,17,20-21H,10-15H2/t17-,20+,21+/m0/s1. The molecule has 0 amide bonds. The molecule has 6 nitrogen and oxygen atoms in total. The zero-order valence-corrected chi connectivity index (χ0v) is 15.3. The molecular formula is C21H24N4O2. The Morgan fingerprint density at radius 2 is 1.70 bits per heavy atom. The smallest absolute Gasteiger partial charge is 0.157 e. The Bertz CT molecular complexity index is 891. The summed E-state index contributed by atoms with van der Waals surface area (Å²) < 4.78 is 13.8. The summed E-state index contributed by atoms with van der Waals surface area (Å²) in [5.41, 5.74) is 3.28. The highest BCUT2D eigenvalue weighted by Crippen LogP contribution is 2.43. The lowest BCUT2D eigenvalue weighted by Gasteiger charge is -2.39. The van der Waals surface area contributed by atoms with Crippen molar-refractivity contribution in [2.75, 3.05) is 32.9 Å². The van der Waals surface area contributed by atoms with E-state index in [2.05, 4.69) is 51.6 Å². The molecule has 2 fully saturated rings. The minimum absolute atomic E-state index is 0.106. The van der Waals surface area contributed by atoms with Crippen LogP contribution >= 0.6 is 0 Å². The molecule has 3 aromatic rings. The summed E-state index contributed by atoms with van der Waals surface area (Å²) in [6.07, 6.45) is 0.904. The van der Waals surface area contributed by atoms with Crippen molar-refractivity contribution < 1.29 is 9.47 Å². The molecule has 5 rings (SSSR count). The number of hydrogen-bond donors (Lipinski definition) is 0. The summed E-state index contributed by atoms with van der Waals surface area (Å²) >= 11 is 0. The molecule has 3 heterocycles. The van der Waals surface area contributed by atoms with Gasteiger partial charge in [-0.15, -0.1) is 5.10 Å². The third-order valence-electron chi connectivity index (χ3n) is 5.71. The number of morpholine rings is 1. The Morgan fingerprint density at radius 1 is 0.926 bits per heavy atom. The number of hydrogen-bond acceptors (Lipinski definition) is 5. The first-order valence-corrected chi connectivity index (χ1v) is 9.70. The van der Waals surface area contributed by atoms with Crippen LogP contribution in [0.5, 0.6) is 0 Å². The van der Waals surface area contributed by atoms with E-state index in [1.165, 1.54) is 5.56 Å². The average Bonchev–Trinajstić information content (AvgIpc) is 3.37. The summed E-state index contributed by atoms with van der Waals surface area (Å²) in [6.45, 7) is 4.21. The molecule has 0 unspecified atom stereocenters. The van der Waals surface area contributed by atoms with Crippen LogP contribution in [0.2, 0.25) is 0 Å². The highest BCUT2D eigenvalue weighted by atomic mass is 16.5. The first-order chi connectivity index (χ1) is 13.4. The zero-order chi connectivity index (χ0) is 18.1. The summed E-state index contributed by atoms with van der Waals surface area (Å²) in [4.78, 5) is 2.55. The van der Waals surface area contributed by atoms with Crippen molar-refractivity contribution in [1.29, 1.82) is 0 Å². The van der Waals surface area contributed by atoms with Crippen LogP contribution in [-0.2, 0) is 9.47 Å². The molecule has 0 radical (unpaired) electrons. The molecule has 0 spiro atoms. The van der Waals surface area contributed by atoms with Crippen LogP contribution in [-0.4, -0.2) is 52.8 Å². The molecule has 1 aromatic heterocycles. The van der Waals surface area contributed by atoms with Crippen molar-refractivity contribution in [2.24, 2.45) is 5.92 Å². The highest BCUT2D eigenvalue weighted by molar-refractivity contribution is 5.73. The SMILES string of the molecule is c1ccc([C@H]([C@@H]2CCO[C@H]2n2nnc3ccccc32)N2CCOCC2)cc1. The first-order valence-electron chi connectivity index (χ1n) is 9.70. The number of para-hydroxylation sites is 1. The predicted molar refractivity (Wildman–Crippen MR) is 102 cm³/mol. The number of nitrogens with zero attached hydrogens (tertiary/aromatic N) is 4. The van der Waals surface area contributed by atoms with Crippen molar-refractivity contribution in [3.8, 4) is 0 Å². The fourth-order valence-corrected chi connectivity index (χ4v) is 4.47. The van der Waals surface area contributed by atoms with Crippen molar-refractivity contribution >= 4 is 11.0 Å². The lowest BCUT2D eigenvalue weighted by molar-refractivity contribution is -0.0344. The fourth-order valence-electron chi connectivity index (χ4n) is 4.47. The van der Waals surface area contributed by atoms with E-state index in [0.29, 0.717) is 5.92 Å². The van der Waals surface area contributed by atoms with Crippen LogP contribution in [0.4, 0.5) is 0 Å². The zero-order valence-electron chi connectivity index (χ0n) is 15.3. The van der Waals surface area contributed by atoms with Gasteiger partial charge >= 0.3 is 0 Å². The van der Waals surface area contributed by atoms with Gasteiger partial charge in [-0.25, -0.2) is 4.68 Å². The van der Waals surface area contributed by atoms with E-state index < -0.39 is 0 Å². The van der Waals surface area contributed by atoms with E-state index in [9.17, 15) is 0 Å². The molecule has 0 N–H and O–H groups in total. The quantitative estimate of drug-likeness (QED) is 0.712. The van der Waals surface area contributed by atoms with E-state index in [-0.39, 0.29) is 12.3 Å². The lowest BCUT2D eigenvalue weighted by Crippen LogP contribution is -2.43. The van der Waals surface area contributed by atoms with E-state index >= 15 is 0 Å². The monoisotopic (exact) mass is 364 g/mol. The van der Waals surface area contributed by atoms with Gasteiger partial charge in [0.2, 0.25) is 0 Å². The molecule has 2 aliphatic rings. The molecule has 6 heteroatoms. The first kappa shape index (κ1) is 16.9. The van der Waals surface area contributed by atoms with E-state index in [0.717, 1.165) is 50.4 Å². The van der Waals surface area contributed by atoms with Gasteiger partial charge in [-0.05, 0) is 24.1 Å². The van der Waals surface area contributed by atoms with Crippen LogP contribution in [0, 0.1) is 5.92 Å². The Labute approximate surface area is 158 Å². The number of fused-ring (bicyclic) bond motifs is 1. The number of aromatic nitrogens is 3. The van der Waals surface area contributed by atoms with Crippen molar-refractivity contribution in [3.63, 3.8) is 0 Å². The van der Waals surface area contributed by atoms with Gasteiger partial charge < -0.3 is 9.47 Å². The second-order valence-electron chi connectivity index (χ2n) is 7.24. The Balaban J connectivity index is 1.54. The van der Waals surface area contributed by atoms with Crippen LogP contribution in [0.15, 0.2) is 54.6 Å². The second-order valence-corrected chi connectivity index (χ2v) is 7.24. The van der Waals surface area contributed by atoms with Crippen LogP contribution in [0.1, 0.15) is 24.3 Å². The van der Waals surface area contributed by atoms with Gasteiger partial charge in [-0.1, -0.05) is 47.7 Å². The van der Waals surface area contributed by atoms with Crippen LogP contribution in [0.25, 0.3) is 11.0 Å². The summed E-state index contributed by atoms with van der Waals surface area (Å²) in [6, 6.07) is 19.2. The molecule has 2 saturated heterocycles. The van der Waals surface area contributed by atoms with Crippen LogP contribution < -0.4 is 0 Å². The van der Waals surface area contributed by atoms with Gasteiger partial charge in [0.15, 0.2) is 6.23 Å². The summed E-state index contributed by atoms with van der Waals surface area (Å²) in [5, 5.41) is 8.79. The van der Waals surface area contributed by atoms with Gasteiger partial charge in [-0.2, -0.15) is 0 Å². The Hall–Kier alpha value is -2.28. The second kappa shape index (κ2) is 7.38. The molecule has 2 aromatic carbocycles. The van der Waals surface area contributed by atoms with E-state index in [1.807, 2.05) is 22.9 Å². The van der Waals surface area contributed by atoms with Gasteiger partial charge in [0, 0.05) is 31.7 Å². The largest absolute Gasteiger partial charge is 0.379 e. The molecular weight excluding hydrogens is 340 g/mol. The highest BCUT2D eigenvalue weighted by Gasteiger charge is 2.41. The van der Waals surface area contributed by atoms with Gasteiger partial charge in [0.25, 0.3) is 0 Å². The lowest BCUT2D eigenvalue weighted by atomic mass is 9.88. The van der Waals surface area contributed by atoms with Crippen molar-refractivity contribution in [1.82, 2.24) is 19.9 Å². The molecule has 3 atom stereocenters. The molecule has 140 valence electrons. The molecule has 27 heavy (non-hydrogen) atoms. The topological polar surface area (TPSA) is 52.4 Å². The summed E-state index contributed by atoms with van der Waals surface area (Å²) in [7, 11) is 0. The van der Waals surface area contributed by atoms with E-state index in [4.69, 9.17) is 9.47 Å².